The van der Waals surface area contributed by atoms with Crippen molar-refractivity contribution < 1.29 is 9.47 Å². The minimum absolute atomic E-state index is 0.593. The molecule has 18 heavy (non-hydrogen) atoms. The van der Waals surface area contributed by atoms with Crippen LogP contribution in [0.4, 0.5) is 0 Å². The second-order valence-electron chi connectivity index (χ2n) is 4.21. The van der Waals surface area contributed by atoms with Crippen LogP contribution in [0.25, 0.3) is 6.08 Å². The van der Waals surface area contributed by atoms with Crippen LogP contribution in [0.1, 0.15) is 12.0 Å². The van der Waals surface area contributed by atoms with Crippen LogP contribution < -0.4 is 0 Å². The molecule has 0 atom stereocenters. The number of benzene rings is 1. The van der Waals surface area contributed by atoms with E-state index in [1.54, 1.807) is 14.2 Å². The quantitative estimate of drug-likeness (QED) is 0.751. The first-order valence-corrected chi connectivity index (χ1v) is 6.01. The first kappa shape index (κ1) is 12.8. The van der Waals surface area contributed by atoms with E-state index in [0.717, 1.165) is 6.42 Å². The number of rotatable bonds is 4. The van der Waals surface area contributed by atoms with E-state index >= 15 is 0 Å². The lowest BCUT2D eigenvalue weighted by molar-refractivity contribution is -0.167. The summed E-state index contributed by atoms with van der Waals surface area (Å²) in [6.07, 6.45) is 11.0. The van der Waals surface area contributed by atoms with Gasteiger partial charge in [0.1, 0.15) is 0 Å². The predicted molar refractivity (Wildman–Crippen MR) is 74.1 cm³/mol. The van der Waals surface area contributed by atoms with E-state index in [1.807, 2.05) is 30.4 Å². The van der Waals surface area contributed by atoms with Crippen LogP contribution in [0.3, 0.4) is 0 Å². The number of hydrogen-bond donors (Lipinski definition) is 0. The van der Waals surface area contributed by atoms with Gasteiger partial charge in [-0.1, -0.05) is 54.6 Å². The Morgan fingerprint density at radius 3 is 2.33 bits per heavy atom. The smallest absolute Gasteiger partial charge is 0.190 e. The van der Waals surface area contributed by atoms with E-state index < -0.39 is 5.79 Å². The molecule has 1 aliphatic rings. The molecule has 0 bridgehead atoms. The zero-order chi connectivity index (χ0) is 12.8. The van der Waals surface area contributed by atoms with Crippen LogP contribution in [0.2, 0.25) is 0 Å². The van der Waals surface area contributed by atoms with Gasteiger partial charge in [-0.2, -0.15) is 0 Å². The Morgan fingerprint density at radius 2 is 1.78 bits per heavy atom. The highest BCUT2D eigenvalue weighted by molar-refractivity contribution is 5.55. The van der Waals surface area contributed by atoms with Crippen molar-refractivity contribution in [2.45, 2.75) is 12.2 Å². The summed E-state index contributed by atoms with van der Waals surface area (Å²) in [6.45, 7) is 0. The van der Waals surface area contributed by atoms with Crippen LogP contribution in [0.15, 0.2) is 60.2 Å². The number of methoxy groups -OCH3 is 2. The van der Waals surface area contributed by atoms with Crippen molar-refractivity contribution in [3.63, 3.8) is 0 Å². The normalized spacial score (nSPS) is 18.0. The standard InChI is InChI=1S/C16H18O2/c1-17-16(18-2)12-10-15(11-13-16)9-8-14-6-4-3-5-7-14/h3-12H,13H2,1-2H3. The maximum Gasteiger partial charge on any atom is 0.190 e. The van der Waals surface area contributed by atoms with Gasteiger partial charge in [0.15, 0.2) is 5.79 Å². The molecular weight excluding hydrogens is 224 g/mol. The summed E-state index contributed by atoms with van der Waals surface area (Å²) in [5, 5.41) is 0. The first-order valence-electron chi connectivity index (χ1n) is 6.01. The third-order valence-electron chi connectivity index (χ3n) is 3.11. The molecule has 0 unspecified atom stereocenters. The zero-order valence-corrected chi connectivity index (χ0v) is 10.8. The molecule has 2 rings (SSSR count). The van der Waals surface area contributed by atoms with Crippen molar-refractivity contribution in [2.75, 3.05) is 14.2 Å². The van der Waals surface area contributed by atoms with Crippen LogP contribution in [0, 0.1) is 0 Å². The van der Waals surface area contributed by atoms with Crippen LogP contribution in [-0.4, -0.2) is 20.0 Å². The van der Waals surface area contributed by atoms with E-state index in [-0.39, 0.29) is 0 Å². The van der Waals surface area contributed by atoms with Gasteiger partial charge >= 0.3 is 0 Å². The van der Waals surface area contributed by atoms with Gasteiger partial charge in [0.25, 0.3) is 0 Å². The van der Waals surface area contributed by atoms with Gasteiger partial charge in [-0.25, -0.2) is 0 Å². The predicted octanol–water partition coefficient (Wildman–Crippen LogP) is 3.58. The third-order valence-corrected chi connectivity index (χ3v) is 3.11. The molecule has 0 heterocycles. The van der Waals surface area contributed by atoms with Crippen molar-refractivity contribution in [3.05, 3.63) is 65.8 Å². The Morgan fingerprint density at radius 1 is 1.06 bits per heavy atom. The lowest BCUT2D eigenvalue weighted by Crippen LogP contribution is -2.31. The first-order chi connectivity index (χ1) is 8.78. The molecule has 0 saturated carbocycles. The summed E-state index contributed by atoms with van der Waals surface area (Å²) in [7, 11) is 3.32. The van der Waals surface area contributed by atoms with Gasteiger partial charge < -0.3 is 9.47 Å². The third kappa shape index (κ3) is 2.97. The summed E-state index contributed by atoms with van der Waals surface area (Å²) in [5.74, 6) is -0.593. The van der Waals surface area contributed by atoms with Crippen molar-refractivity contribution in [1.29, 1.82) is 0 Å². The van der Waals surface area contributed by atoms with Crippen molar-refractivity contribution in [1.82, 2.24) is 0 Å². The van der Waals surface area contributed by atoms with E-state index in [0.29, 0.717) is 0 Å². The number of hydrogen-bond acceptors (Lipinski definition) is 2. The van der Waals surface area contributed by atoms with Crippen LogP contribution in [-0.2, 0) is 9.47 Å². The fourth-order valence-corrected chi connectivity index (χ4v) is 1.89. The van der Waals surface area contributed by atoms with Gasteiger partial charge in [-0.15, -0.1) is 0 Å². The molecule has 2 nitrogen and oxygen atoms in total. The Hall–Kier alpha value is -1.64. The molecule has 0 saturated heterocycles. The maximum atomic E-state index is 5.36. The largest absolute Gasteiger partial charge is 0.349 e. The average Bonchev–Trinajstić information content (AvgIpc) is 2.47. The van der Waals surface area contributed by atoms with E-state index in [9.17, 15) is 0 Å². The molecule has 94 valence electrons. The molecule has 0 radical (unpaired) electrons. The Balaban J connectivity index is 2.04. The molecule has 0 amide bonds. The van der Waals surface area contributed by atoms with Gasteiger partial charge in [-0.3, -0.25) is 0 Å². The van der Waals surface area contributed by atoms with Gasteiger partial charge in [0.2, 0.25) is 0 Å². The molecule has 2 heteroatoms. The Labute approximate surface area is 108 Å². The monoisotopic (exact) mass is 242 g/mol. The average molecular weight is 242 g/mol. The molecule has 0 aromatic heterocycles. The van der Waals surface area contributed by atoms with E-state index in [1.165, 1.54) is 11.1 Å². The SMILES string of the molecule is COC1(OC)C=CC(C=Cc2ccccc2)=CC1. The second kappa shape index (κ2) is 5.80. The minimum Gasteiger partial charge on any atom is -0.349 e. The summed E-state index contributed by atoms with van der Waals surface area (Å²) in [4.78, 5) is 0. The molecule has 0 spiro atoms. The maximum absolute atomic E-state index is 5.36. The van der Waals surface area contributed by atoms with Gasteiger partial charge in [-0.05, 0) is 17.2 Å². The molecule has 0 aliphatic heterocycles. The van der Waals surface area contributed by atoms with Crippen molar-refractivity contribution in [3.8, 4) is 0 Å². The highest BCUT2D eigenvalue weighted by Gasteiger charge is 2.26. The molecule has 1 aliphatic carbocycles. The van der Waals surface area contributed by atoms with Gasteiger partial charge in [0.05, 0.1) is 0 Å². The van der Waals surface area contributed by atoms with E-state index in [4.69, 9.17) is 9.47 Å². The highest BCUT2D eigenvalue weighted by atomic mass is 16.7. The van der Waals surface area contributed by atoms with Crippen LogP contribution in [0.5, 0.6) is 0 Å². The highest BCUT2D eigenvalue weighted by Crippen LogP contribution is 2.25. The molecule has 1 aromatic rings. The summed E-state index contributed by atoms with van der Waals surface area (Å²) in [6, 6.07) is 10.2. The lowest BCUT2D eigenvalue weighted by atomic mass is 10.0. The fourth-order valence-electron chi connectivity index (χ4n) is 1.89. The molecular formula is C16H18O2. The lowest BCUT2D eigenvalue weighted by Gasteiger charge is -2.28. The topological polar surface area (TPSA) is 18.5 Å². The fraction of sp³-hybridized carbons (Fsp3) is 0.250. The minimum atomic E-state index is -0.593. The Bertz CT molecular complexity index is 465. The summed E-state index contributed by atoms with van der Waals surface area (Å²) >= 11 is 0. The molecule has 0 N–H and O–H groups in total. The molecule has 1 aromatic carbocycles. The van der Waals surface area contributed by atoms with Crippen molar-refractivity contribution >= 4 is 6.08 Å². The summed E-state index contributed by atoms with van der Waals surface area (Å²) < 4.78 is 10.7. The summed E-state index contributed by atoms with van der Waals surface area (Å²) in [5.41, 5.74) is 2.37. The van der Waals surface area contributed by atoms with Crippen molar-refractivity contribution in [2.24, 2.45) is 0 Å². The van der Waals surface area contributed by atoms with Gasteiger partial charge in [0, 0.05) is 20.6 Å². The molecule has 0 fully saturated rings. The zero-order valence-electron chi connectivity index (χ0n) is 10.8. The number of ether oxygens (including phenoxy) is 2. The second-order valence-corrected chi connectivity index (χ2v) is 4.21. The van der Waals surface area contributed by atoms with E-state index in [2.05, 4.69) is 30.4 Å². The Kier molecular flexibility index (Phi) is 4.13. The van der Waals surface area contributed by atoms with Crippen LogP contribution >= 0.6 is 0 Å². The number of allylic oxidation sites excluding steroid dienone is 3.